The number of para-hydroxylation sites is 1. The molecule has 0 aliphatic carbocycles. The molecule has 2 aromatic carbocycles. The standard InChI is InChI=1S/C18H14N4O4/c1-26-18-14(10-13-4-2-3-5-16(13)20-18)11-19-21-17(23)12-6-8-15(9-7-12)22(24)25/h2-11H,1H3,(H,21,23). The number of nitrogens with zero attached hydrogens (tertiary/aromatic N) is 3. The number of fused-ring (bicyclic) bond motifs is 1. The van der Waals surface area contributed by atoms with Crippen LogP contribution in [0.15, 0.2) is 59.7 Å². The molecule has 0 saturated heterocycles. The molecule has 8 nitrogen and oxygen atoms in total. The van der Waals surface area contributed by atoms with Crippen molar-refractivity contribution in [2.45, 2.75) is 0 Å². The number of nitro benzene ring substituents is 1. The van der Waals surface area contributed by atoms with Crippen molar-refractivity contribution < 1.29 is 14.5 Å². The Kier molecular flexibility index (Phi) is 4.84. The van der Waals surface area contributed by atoms with Crippen molar-refractivity contribution in [2.24, 2.45) is 5.10 Å². The highest BCUT2D eigenvalue weighted by Crippen LogP contribution is 2.20. The van der Waals surface area contributed by atoms with Crippen LogP contribution in [0.2, 0.25) is 0 Å². The van der Waals surface area contributed by atoms with Crippen LogP contribution in [-0.4, -0.2) is 29.1 Å². The van der Waals surface area contributed by atoms with Crippen LogP contribution in [0.5, 0.6) is 5.88 Å². The highest BCUT2D eigenvalue weighted by atomic mass is 16.6. The maximum atomic E-state index is 12.0. The van der Waals surface area contributed by atoms with Crippen molar-refractivity contribution in [1.82, 2.24) is 10.4 Å². The second kappa shape index (κ2) is 7.39. The van der Waals surface area contributed by atoms with Crippen molar-refractivity contribution in [1.29, 1.82) is 0 Å². The van der Waals surface area contributed by atoms with E-state index in [1.165, 1.54) is 37.6 Å². The van der Waals surface area contributed by atoms with Gasteiger partial charge in [-0.2, -0.15) is 5.10 Å². The number of carbonyl (C=O) groups excluding carboxylic acids is 1. The topological polar surface area (TPSA) is 107 Å². The molecule has 26 heavy (non-hydrogen) atoms. The maximum absolute atomic E-state index is 12.0. The number of hydrazone groups is 1. The van der Waals surface area contributed by atoms with Crippen LogP contribution in [0.25, 0.3) is 10.9 Å². The molecule has 0 aliphatic rings. The summed E-state index contributed by atoms with van der Waals surface area (Å²) in [7, 11) is 1.50. The van der Waals surface area contributed by atoms with Crippen molar-refractivity contribution in [3.63, 3.8) is 0 Å². The fourth-order valence-electron chi connectivity index (χ4n) is 2.33. The molecule has 0 spiro atoms. The Balaban J connectivity index is 1.76. The molecule has 1 amide bonds. The van der Waals surface area contributed by atoms with Crippen LogP contribution >= 0.6 is 0 Å². The molecular weight excluding hydrogens is 336 g/mol. The molecule has 3 rings (SSSR count). The van der Waals surface area contributed by atoms with Gasteiger partial charge in [-0.15, -0.1) is 0 Å². The third-order valence-corrected chi connectivity index (χ3v) is 3.62. The number of nitro groups is 1. The molecule has 0 bridgehead atoms. The van der Waals surface area contributed by atoms with Gasteiger partial charge in [-0.3, -0.25) is 14.9 Å². The van der Waals surface area contributed by atoms with Crippen LogP contribution in [0.3, 0.4) is 0 Å². The summed E-state index contributed by atoms with van der Waals surface area (Å²) in [6.07, 6.45) is 1.43. The highest BCUT2D eigenvalue weighted by molar-refractivity contribution is 5.96. The van der Waals surface area contributed by atoms with Gasteiger partial charge in [0, 0.05) is 23.1 Å². The van der Waals surface area contributed by atoms with Gasteiger partial charge in [0.2, 0.25) is 5.88 Å². The number of amides is 1. The number of methoxy groups -OCH3 is 1. The molecule has 8 heteroatoms. The van der Waals surface area contributed by atoms with Crippen LogP contribution in [0.4, 0.5) is 5.69 Å². The minimum absolute atomic E-state index is 0.0861. The van der Waals surface area contributed by atoms with Gasteiger partial charge in [-0.1, -0.05) is 18.2 Å². The molecule has 0 radical (unpaired) electrons. The lowest BCUT2D eigenvalue weighted by Crippen LogP contribution is -2.17. The molecular formula is C18H14N4O4. The normalized spacial score (nSPS) is 10.8. The largest absolute Gasteiger partial charge is 0.481 e. The van der Waals surface area contributed by atoms with Crippen LogP contribution < -0.4 is 10.2 Å². The Bertz CT molecular complexity index is 1000. The number of non-ortho nitro benzene ring substituents is 1. The number of pyridine rings is 1. The average Bonchev–Trinajstić information content (AvgIpc) is 2.67. The summed E-state index contributed by atoms with van der Waals surface area (Å²) in [5, 5.41) is 15.5. The van der Waals surface area contributed by atoms with E-state index in [4.69, 9.17) is 4.74 Å². The van der Waals surface area contributed by atoms with Crippen LogP contribution in [-0.2, 0) is 0 Å². The fraction of sp³-hybridized carbons (Fsp3) is 0.0556. The van der Waals surface area contributed by atoms with E-state index >= 15 is 0 Å². The Morgan fingerprint density at radius 1 is 1.23 bits per heavy atom. The van der Waals surface area contributed by atoms with E-state index in [-0.39, 0.29) is 11.3 Å². The van der Waals surface area contributed by atoms with Crippen molar-refractivity contribution in [3.8, 4) is 5.88 Å². The number of benzene rings is 2. The summed E-state index contributed by atoms with van der Waals surface area (Å²) in [4.78, 5) is 26.5. The number of ether oxygens (including phenoxy) is 1. The maximum Gasteiger partial charge on any atom is 0.271 e. The second-order valence-electron chi connectivity index (χ2n) is 5.28. The first-order valence-corrected chi connectivity index (χ1v) is 7.60. The third kappa shape index (κ3) is 3.64. The Morgan fingerprint density at radius 2 is 1.96 bits per heavy atom. The first-order valence-electron chi connectivity index (χ1n) is 7.60. The lowest BCUT2D eigenvalue weighted by molar-refractivity contribution is -0.384. The lowest BCUT2D eigenvalue weighted by atomic mass is 10.1. The van der Waals surface area contributed by atoms with E-state index in [9.17, 15) is 14.9 Å². The number of aromatic nitrogens is 1. The first-order chi connectivity index (χ1) is 12.6. The second-order valence-corrected chi connectivity index (χ2v) is 5.28. The summed E-state index contributed by atoms with van der Waals surface area (Å²) >= 11 is 0. The van der Waals surface area contributed by atoms with E-state index in [1.807, 2.05) is 30.3 Å². The van der Waals surface area contributed by atoms with E-state index in [2.05, 4.69) is 15.5 Å². The molecule has 3 aromatic rings. The zero-order chi connectivity index (χ0) is 18.5. The Morgan fingerprint density at radius 3 is 2.65 bits per heavy atom. The summed E-state index contributed by atoms with van der Waals surface area (Å²) in [5.41, 5.74) is 3.94. The Hall–Kier alpha value is -3.81. The predicted octanol–water partition coefficient (Wildman–Crippen LogP) is 2.92. The summed E-state index contributed by atoms with van der Waals surface area (Å²) in [5.74, 6) is -0.0964. The number of hydrogen-bond donors (Lipinski definition) is 1. The summed E-state index contributed by atoms with van der Waals surface area (Å²) in [6, 6.07) is 14.7. The smallest absolute Gasteiger partial charge is 0.271 e. The van der Waals surface area contributed by atoms with Gasteiger partial charge in [0.1, 0.15) is 0 Å². The molecule has 0 atom stereocenters. The lowest BCUT2D eigenvalue weighted by Gasteiger charge is -2.06. The zero-order valence-corrected chi connectivity index (χ0v) is 13.7. The average molecular weight is 350 g/mol. The first kappa shape index (κ1) is 17.0. The van der Waals surface area contributed by atoms with Gasteiger partial charge in [-0.25, -0.2) is 10.4 Å². The molecule has 1 aromatic heterocycles. The van der Waals surface area contributed by atoms with Crippen molar-refractivity contribution >= 4 is 28.7 Å². The third-order valence-electron chi connectivity index (χ3n) is 3.62. The molecule has 1 N–H and O–H groups in total. The van der Waals surface area contributed by atoms with E-state index < -0.39 is 10.8 Å². The van der Waals surface area contributed by atoms with Crippen molar-refractivity contribution in [2.75, 3.05) is 7.11 Å². The van der Waals surface area contributed by atoms with E-state index in [0.29, 0.717) is 11.4 Å². The van der Waals surface area contributed by atoms with Crippen LogP contribution in [0.1, 0.15) is 15.9 Å². The van der Waals surface area contributed by atoms with Gasteiger partial charge < -0.3 is 4.74 Å². The minimum Gasteiger partial charge on any atom is -0.481 e. The number of nitrogens with one attached hydrogen (secondary N) is 1. The SMILES string of the molecule is COc1nc2ccccc2cc1C=NNC(=O)c1ccc([N+](=O)[O-])cc1. The quantitative estimate of drug-likeness (QED) is 0.432. The van der Waals surface area contributed by atoms with Gasteiger partial charge >= 0.3 is 0 Å². The predicted molar refractivity (Wildman–Crippen MR) is 96.5 cm³/mol. The molecule has 130 valence electrons. The Labute approximate surface area is 148 Å². The minimum atomic E-state index is -0.529. The number of rotatable bonds is 5. The summed E-state index contributed by atoms with van der Waals surface area (Å²) < 4.78 is 5.25. The van der Waals surface area contributed by atoms with Crippen LogP contribution in [0, 0.1) is 10.1 Å². The number of carbonyl (C=O) groups is 1. The van der Waals surface area contributed by atoms with Gasteiger partial charge in [0.15, 0.2) is 0 Å². The molecule has 0 saturated carbocycles. The molecule has 0 fully saturated rings. The van der Waals surface area contributed by atoms with E-state index in [0.717, 1.165) is 10.9 Å². The van der Waals surface area contributed by atoms with Gasteiger partial charge in [0.25, 0.3) is 11.6 Å². The van der Waals surface area contributed by atoms with Gasteiger partial charge in [-0.05, 0) is 24.3 Å². The zero-order valence-electron chi connectivity index (χ0n) is 13.7. The molecule has 1 heterocycles. The highest BCUT2D eigenvalue weighted by Gasteiger charge is 2.09. The fourth-order valence-corrected chi connectivity index (χ4v) is 2.33. The summed E-state index contributed by atoms with van der Waals surface area (Å²) in [6.45, 7) is 0. The molecule has 0 aliphatic heterocycles. The van der Waals surface area contributed by atoms with Gasteiger partial charge in [0.05, 0.1) is 29.3 Å². The van der Waals surface area contributed by atoms with E-state index in [1.54, 1.807) is 0 Å². The monoisotopic (exact) mass is 350 g/mol. The number of hydrogen-bond acceptors (Lipinski definition) is 6. The molecule has 0 unspecified atom stereocenters. The van der Waals surface area contributed by atoms with Crippen molar-refractivity contribution in [3.05, 3.63) is 75.8 Å².